The van der Waals surface area contributed by atoms with Gasteiger partial charge < -0.3 is 4.42 Å². The van der Waals surface area contributed by atoms with Gasteiger partial charge in [-0.1, -0.05) is 11.6 Å². The number of benzene rings is 1. The Balaban J connectivity index is 2.59. The second kappa shape index (κ2) is 5.33. The number of nitrogens with one attached hydrogen (secondary N) is 1. The van der Waals surface area contributed by atoms with Crippen molar-refractivity contribution in [3.05, 3.63) is 57.2 Å². The summed E-state index contributed by atoms with van der Waals surface area (Å²) in [5.41, 5.74) is 5.16. The minimum Gasteiger partial charge on any atom is -0.466 e. The third-order valence-corrected chi connectivity index (χ3v) is 3.69. The van der Waals surface area contributed by atoms with Crippen molar-refractivity contribution in [1.82, 2.24) is 5.43 Å². The van der Waals surface area contributed by atoms with E-state index in [2.05, 4.69) is 5.43 Å². The molecule has 5 heteroatoms. The molecule has 0 aliphatic rings. The maximum absolute atomic E-state index is 13.4. The van der Waals surface area contributed by atoms with E-state index in [0.29, 0.717) is 10.6 Å². The summed E-state index contributed by atoms with van der Waals surface area (Å²) in [4.78, 5) is 0. The first kappa shape index (κ1) is 14.1. The highest BCUT2D eigenvalue weighted by atomic mass is 35.5. The van der Waals surface area contributed by atoms with Gasteiger partial charge in [-0.05, 0) is 50.1 Å². The van der Waals surface area contributed by atoms with E-state index in [9.17, 15) is 4.39 Å². The van der Waals surface area contributed by atoms with Crippen LogP contribution in [-0.4, -0.2) is 0 Å². The zero-order valence-electron chi connectivity index (χ0n) is 11.1. The van der Waals surface area contributed by atoms with Gasteiger partial charge >= 0.3 is 0 Å². The monoisotopic (exact) mass is 282 g/mol. The summed E-state index contributed by atoms with van der Waals surface area (Å²) in [7, 11) is 0. The zero-order valence-corrected chi connectivity index (χ0v) is 11.8. The molecule has 0 radical (unpaired) electrons. The quantitative estimate of drug-likeness (QED) is 0.669. The standard InChI is InChI=1S/C14H16ClFN2O/c1-7-8(2)19-9(3)13(7)14(18-17)11-6-10(16)4-5-12(11)15/h4-6,14,18H,17H2,1-3H3. The molecule has 102 valence electrons. The Labute approximate surface area is 116 Å². The SMILES string of the molecule is Cc1oc(C)c(C(NN)c2cc(F)ccc2Cl)c1C. The number of nitrogens with two attached hydrogens (primary N) is 1. The van der Waals surface area contributed by atoms with Crippen LogP contribution < -0.4 is 11.3 Å². The lowest BCUT2D eigenvalue weighted by atomic mass is 9.96. The fourth-order valence-corrected chi connectivity index (χ4v) is 2.53. The number of hydrazine groups is 1. The van der Waals surface area contributed by atoms with Crippen LogP contribution in [0.15, 0.2) is 22.6 Å². The number of hydrogen-bond acceptors (Lipinski definition) is 3. The first-order valence-electron chi connectivity index (χ1n) is 5.93. The van der Waals surface area contributed by atoms with Crippen molar-refractivity contribution in [1.29, 1.82) is 0 Å². The van der Waals surface area contributed by atoms with Gasteiger partial charge in [0, 0.05) is 10.6 Å². The van der Waals surface area contributed by atoms with Crippen molar-refractivity contribution in [2.75, 3.05) is 0 Å². The molecule has 2 rings (SSSR count). The van der Waals surface area contributed by atoms with E-state index >= 15 is 0 Å². The molecule has 1 heterocycles. The molecular formula is C14H16ClFN2O. The van der Waals surface area contributed by atoms with Gasteiger partial charge in [0.1, 0.15) is 17.3 Å². The lowest BCUT2D eigenvalue weighted by Gasteiger charge is -2.18. The highest BCUT2D eigenvalue weighted by molar-refractivity contribution is 6.31. The number of aryl methyl sites for hydroxylation is 2. The average Bonchev–Trinajstić information content (AvgIpc) is 2.61. The Morgan fingerprint density at radius 1 is 1.26 bits per heavy atom. The van der Waals surface area contributed by atoms with E-state index < -0.39 is 6.04 Å². The third kappa shape index (κ3) is 2.52. The Morgan fingerprint density at radius 2 is 1.95 bits per heavy atom. The Bertz CT molecular complexity index is 610. The minimum absolute atomic E-state index is 0.352. The number of rotatable bonds is 3. The van der Waals surface area contributed by atoms with Gasteiger partial charge in [0.25, 0.3) is 0 Å². The molecule has 1 aromatic carbocycles. The topological polar surface area (TPSA) is 51.2 Å². The summed E-state index contributed by atoms with van der Waals surface area (Å²) < 4.78 is 19.0. The van der Waals surface area contributed by atoms with Crippen LogP contribution in [0.4, 0.5) is 4.39 Å². The van der Waals surface area contributed by atoms with Crippen LogP contribution in [0.25, 0.3) is 0 Å². The minimum atomic E-state index is -0.402. The molecule has 1 aromatic heterocycles. The van der Waals surface area contributed by atoms with Crippen molar-refractivity contribution >= 4 is 11.6 Å². The number of halogens is 2. The Morgan fingerprint density at radius 3 is 2.47 bits per heavy atom. The summed E-state index contributed by atoms with van der Waals surface area (Å²) in [5.74, 6) is 6.85. The van der Waals surface area contributed by atoms with Crippen LogP contribution in [0.1, 0.15) is 34.3 Å². The second-order valence-corrected chi connectivity index (χ2v) is 4.93. The summed E-state index contributed by atoms with van der Waals surface area (Å²) in [6.45, 7) is 5.68. The lowest BCUT2D eigenvalue weighted by molar-refractivity contribution is 0.494. The number of hydrogen-bond donors (Lipinski definition) is 2. The summed E-state index contributed by atoms with van der Waals surface area (Å²) in [6, 6.07) is 3.82. The lowest BCUT2D eigenvalue weighted by Crippen LogP contribution is -2.29. The fourth-order valence-electron chi connectivity index (χ4n) is 2.30. The van der Waals surface area contributed by atoms with E-state index in [1.165, 1.54) is 18.2 Å². The van der Waals surface area contributed by atoms with Gasteiger partial charge in [-0.25, -0.2) is 9.82 Å². The molecular weight excluding hydrogens is 267 g/mol. The molecule has 0 saturated heterocycles. The predicted molar refractivity (Wildman–Crippen MR) is 73.5 cm³/mol. The van der Waals surface area contributed by atoms with Gasteiger partial charge in [0.15, 0.2) is 0 Å². The van der Waals surface area contributed by atoms with Crippen molar-refractivity contribution in [2.24, 2.45) is 5.84 Å². The van der Waals surface area contributed by atoms with Gasteiger partial charge in [0.05, 0.1) is 6.04 Å². The molecule has 3 nitrogen and oxygen atoms in total. The van der Waals surface area contributed by atoms with Crippen LogP contribution in [0, 0.1) is 26.6 Å². The van der Waals surface area contributed by atoms with Crippen LogP contribution in [0.2, 0.25) is 5.02 Å². The molecule has 0 spiro atoms. The molecule has 1 atom stereocenters. The van der Waals surface area contributed by atoms with Crippen LogP contribution in [0.3, 0.4) is 0 Å². The molecule has 0 amide bonds. The van der Waals surface area contributed by atoms with E-state index in [0.717, 1.165) is 22.6 Å². The summed E-state index contributed by atoms with van der Waals surface area (Å²) >= 11 is 6.14. The summed E-state index contributed by atoms with van der Waals surface area (Å²) in [6.07, 6.45) is 0. The van der Waals surface area contributed by atoms with E-state index in [-0.39, 0.29) is 5.82 Å². The molecule has 0 bridgehead atoms. The van der Waals surface area contributed by atoms with Gasteiger partial charge in [0.2, 0.25) is 0 Å². The van der Waals surface area contributed by atoms with Crippen molar-refractivity contribution in [3.63, 3.8) is 0 Å². The molecule has 0 aliphatic heterocycles. The zero-order chi connectivity index (χ0) is 14.2. The summed E-state index contributed by atoms with van der Waals surface area (Å²) in [5, 5.41) is 0.460. The maximum Gasteiger partial charge on any atom is 0.123 e. The highest BCUT2D eigenvalue weighted by Crippen LogP contribution is 2.34. The first-order valence-corrected chi connectivity index (χ1v) is 6.31. The molecule has 0 aliphatic carbocycles. The van der Waals surface area contributed by atoms with Crippen LogP contribution in [0.5, 0.6) is 0 Å². The molecule has 0 fully saturated rings. The van der Waals surface area contributed by atoms with Gasteiger partial charge in [-0.15, -0.1) is 0 Å². The second-order valence-electron chi connectivity index (χ2n) is 4.52. The molecule has 3 N–H and O–H groups in total. The molecule has 0 saturated carbocycles. The maximum atomic E-state index is 13.4. The predicted octanol–water partition coefficient (Wildman–Crippen LogP) is 3.55. The Hall–Kier alpha value is -1.36. The van der Waals surface area contributed by atoms with Crippen LogP contribution in [-0.2, 0) is 0 Å². The molecule has 19 heavy (non-hydrogen) atoms. The smallest absolute Gasteiger partial charge is 0.123 e. The first-order chi connectivity index (χ1) is 8.95. The highest BCUT2D eigenvalue weighted by Gasteiger charge is 2.23. The normalized spacial score (nSPS) is 12.7. The van der Waals surface area contributed by atoms with Crippen LogP contribution >= 0.6 is 11.6 Å². The van der Waals surface area contributed by atoms with Crippen molar-refractivity contribution in [2.45, 2.75) is 26.8 Å². The molecule has 2 aromatic rings. The van der Waals surface area contributed by atoms with Gasteiger partial charge in [-0.3, -0.25) is 5.84 Å². The van der Waals surface area contributed by atoms with E-state index in [1.54, 1.807) is 0 Å². The molecule has 1 unspecified atom stereocenters. The Kier molecular flexibility index (Phi) is 3.94. The van der Waals surface area contributed by atoms with Gasteiger partial charge in [-0.2, -0.15) is 0 Å². The van der Waals surface area contributed by atoms with Crippen molar-refractivity contribution < 1.29 is 8.81 Å². The number of furan rings is 1. The van der Waals surface area contributed by atoms with Crippen molar-refractivity contribution in [3.8, 4) is 0 Å². The van der Waals surface area contributed by atoms with E-state index in [4.69, 9.17) is 21.9 Å². The third-order valence-electron chi connectivity index (χ3n) is 3.34. The van der Waals surface area contributed by atoms with E-state index in [1.807, 2.05) is 20.8 Å². The average molecular weight is 283 g/mol. The largest absolute Gasteiger partial charge is 0.466 e. The fraction of sp³-hybridized carbons (Fsp3) is 0.286.